The number of hydrogen-bond acceptors (Lipinski definition) is 4. The van der Waals surface area contributed by atoms with Crippen LogP contribution in [0, 0.1) is 0 Å². The molecule has 0 saturated carbocycles. The van der Waals surface area contributed by atoms with Crippen molar-refractivity contribution in [3.05, 3.63) is 54.2 Å². The van der Waals surface area contributed by atoms with Gasteiger partial charge >= 0.3 is 0 Å². The maximum absolute atomic E-state index is 5.79. The molecule has 20 heavy (non-hydrogen) atoms. The number of thiocarbonyl (C=S) groups is 1. The lowest BCUT2D eigenvalue weighted by Crippen LogP contribution is -2.11. The first-order valence-electron chi connectivity index (χ1n) is 5.97. The van der Waals surface area contributed by atoms with Crippen LogP contribution in [0.3, 0.4) is 0 Å². The van der Waals surface area contributed by atoms with Crippen molar-refractivity contribution in [1.82, 2.24) is 19.9 Å². The van der Waals surface area contributed by atoms with Crippen molar-refractivity contribution in [2.75, 3.05) is 0 Å². The normalized spacial score (nSPS) is 11.7. The van der Waals surface area contributed by atoms with E-state index in [1.54, 1.807) is 18.5 Å². The van der Waals surface area contributed by atoms with Gasteiger partial charge in [0, 0.05) is 12.4 Å². The average molecular weight is 281 g/mol. The van der Waals surface area contributed by atoms with E-state index >= 15 is 0 Å². The molecule has 0 aromatic carbocycles. The molecule has 3 heterocycles. The number of rotatable bonds is 3. The number of nitrogens with zero attached hydrogens (tertiary/aromatic N) is 3. The topological polar surface area (TPSA) is 80.5 Å². The van der Waals surface area contributed by atoms with Crippen molar-refractivity contribution in [3.63, 3.8) is 0 Å². The summed E-state index contributed by atoms with van der Waals surface area (Å²) in [6.45, 7) is 0. The fraction of sp³-hybridized carbons (Fsp3) is 0. The van der Waals surface area contributed by atoms with Crippen LogP contribution in [-0.2, 0) is 0 Å². The molecule has 0 atom stereocenters. The molecule has 3 aromatic heterocycles. The zero-order valence-corrected chi connectivity index (χ0v) is 11.3. The van der Waals surface area contributed by atoms with E-state index in [2.05, 4.69) is 19.9 Å². The van der Waals surface area contributed by atoms with Gasteiger partial charge in [0.2, 0.25) is 0 Å². The SMILES string of the molecule is NC(=S)/C(=C\c1ccccn1)c1nc2ncccc2[nH]1. The lowest BCUT2D eigenvalue weighted by molar-refractivity contribution is 1.25. The Kier molecular flexibility index (Phi) is 3.22. The average Bonchev–Trinajstić information content (AvgIpc) is 2.89. The minimum absolute atomic E-state index is 0.259. The first kappa shape index (κ1) is 12.4. The van der Waals surface area contributed by atoms with E-state index in [0.717, 1.165) is 11.2 Å². The molecule has 0 aliphatic heterocycles. The lowest BCUT2D eigenvalue weighted by atomic mass is 10.2. The van der Waals surface area contributed by atoms with Gasteiger partial charge in [-0.05, 0) is 30.3 Å². The third-order valence-corrected chi connectivity index (χ3v) is 2.98. The maximum atomic E-state index is 5.79. The Morgan fingerprint density at radius 3 is 2.70 bits per heavy atom. The molecule has 3 aromatic rings. The van der Waals surface area contributed by atoms with Gasteiger partial charge in [-0.15, -0.1) is 0 Å². The number of H-pyrrole nitrogens is 1. The highest BCUT2D eigenvalue weighted by Crippen LogP contribution is 2.18. The number of fused-ring (bicyclic) bond motifs is 1. The zero-order valence-electron chi connectivity index (χ0n) is 10.4. The predicted octanol–water partition coefficient (Wildman–Crippen LogP) is 2.18. The van der Waals surface area contributed by atoms with Gasteiger partial charge in [0.25, 0.3) is 0 Å². The summed E-state index contributed by atoms with van der Waals surface area (Å²) in [6, 6.07) is 9.36. The third kappa shape index (κ3) is 2.41. The molecule has 0 radical (unpaired) electrons. The lowest BCUT2D eigenvalue weighted by Gasteiger charge is -2.01. The van der Waals surface area contributed by atoms with E-state index in [1.807, 2.05) is 30.3 Å². The fourth-order valence-electron chi connectivity index (χ4n) is 1.84. The van der Waals surface area contributed by atoms with Crippen LogP contribution in [0.4, 0.5) is 0 Å². The molecule has 5 nitrogen and oxygen atoms in total. The van der Waals surface area contributed by atoms with E-state index in [9.17, 15) is 0 Å². The zero-order chi connectivity index (χ0) is 13.9. The molecule has 3 N–H and O–H groups in total. The smallest absolute Gasteiger partial charge is 0.178 e. The second kappa shape index (κ2) is 5.18. The number of pyridine rings is 2. The van der Waals surface area contributed by atoms with E-state index in [1.165, 1.54) is 0 Å². The van der Waals surface area contributed by atoms with E-state index < -0.39 is 0 Å². The predicted molar refractivity (Wildman–Crippen MR) is 82.8 cm³/mol. The van der Waals surface area contributed by atoms with Gasteiger partial charge in [0.05, 0.1) is 16.8 Å². The number of aromatic nitrogens is 4. The summed E-state index contributed by atoms with van der Waals surface area (Å²) in [5, 5.41) is 0. The third-order valence-electron chi connectivity index (χ3n) is 2.76. The van der Waals surface area contributed by atoms with Crippen LogP contribution < -0.4 is 5.73 Å². The molecule has 0 aliphatic rings. The van der Waals surface area contributed by atoms with Gasteiger partial charge in [-0.1, -0.05) is 18.3 Å². The Labute approximate surface area is 120 Å². The molecule has 0 bridgehead atoms. The van der Waals surface area contributed by atoms with Crippen LogP contribution in [-0.4, -0.2) is 24.9 Å². The fourth-order valence-corrected chi connectivity index (χ4v) is 1.99. The van der Waals surface area contributed by atoms with Crippen LogP contribution in [0.2, 0.25) is 0 Å². The first-order chi connectivity index (χ1) is 9.74. The molecule has 0 spiro atoms. The first-order valence-corrected chi connectivity index (χ1v) is 6.38. The van der Waals surface area contributed by atoms with Crippen molar-refractivity contribution in [2.45, 2.75) is 0 Å². The summed E-state index contributed by atoms with van der Waals surface area (Å²) in [5.74, 6) is 0.594. The molecule has 98 valence electrons. The highest BCUT2D eigenvalue weighted by molar-refractivity contribution is 7.81. The highest BCUT2D eigenvalue weighted by Gasteiger charge is 2.11. The van der Waals surface area contributed by atoms with Crippen LogP contribution in [0.5, 0.6) is 0 Å². The summed E-state index contributed by atoms with van der Waals surface area (Å²) < 4.78 is 0. The summed E-state index contributed by atoms with van der Waals surface area (Å²) >= 11 is 5.10. The second-order valence-corrected chi connectivity index (χ2v) is 4.58. The van der Waals surface area contributed by atoms with Gasteiger partial charge in [-0.25, -0.2) is 9.97 Å². The van der Waals surface area contributed by atoms with Gasteiger partial charge < -0.3 is 10.7 Å². The summed E-state index contributed by atoms with van der Waals surface area (Å²) in [4.78, 5) is 16.2. The number of nitrogens with one attached hydrogen (secondary N) is 1. The molecule has 3 rings (SSSR count). The van der Waals surface area contributed by atoms with Crippen molar-refractivity contribution in [1.29, 1.82) is 0 Å². The monoisotopic (exact) mass is 281 g/mol. The summed E-state index contributed by atoms with van der Waals surface area (Å²) in [6.07, 6.45) is 5.21. The number of imidazole rings is 1. The Hall–Kier alpha value is -2.60. The van der Waals surface area contributed by atoms with Crippen LogP contribution >= 0.6 is 12.2 Å². The van der Waals surface area contributed by atoms with Crippen molar-refractivity contribution in [2.24, 2.45) is 5.73 Å². The second-order valence-electron chi connectivity index (χ2n) is 4.14. The minimum Gasteiger partial charge on any atom is -0.389 e. The number of aromatic amines is 1. The van der Waals surface area contributed by atoms with Crippen LogP contribution in [0.1, 0.15) is 11.5 Å². The van der Waals surface area contributed by atoms with Crippen molar-refractivity contribution < 1.29 is 0 Å². The Balaban J connectivity index is 2.11. The Bertz CT molecular complexity index is 758. The number of nitrogens with two attached hydrogens (primary N) is 1. The number of hydrogen-bond donors (Lipinski definition) is 2. The molecule has 0 aliphatic carbocycles. The summed E-state index contributed by atoms with van der Waals surface area (Å²) in [7, 11) is 0. The molecular formula is C14H11N5S. The standard InChI is InChI=1S/C14H11N5S/c15-12(20)10(8-9-4-1-2-6-16-9)13-18-11-5-3-7-17-14(11)19-13/h1-8H,(H2,15,20)(H,17,18,19)/b10-8+. The molecule has 0 fully saturated rings. The van der Waals surface area contributed by atoms with Crippen molar-refractivity contribution in [3.8, 4) is 0 Å². The largest absolute Gasteiger partial charge is 0.389 e. The van der Waals surface area contributed by atoms with E-state index in [-0.39, 0.29) is 4.99 Å². The van der Waals surface area contributed by atoms with Crippen molar-refractivity contribution >= 4 is 40.0 Å². The van der Waals surface area contributed by atoms with Crippen LogP contribution in [0.25, 0.3) is 22.8 Å². The van der Waals surface area contributed by atoms with E-state index in [4.69, 9.17) is 18.0 Å². The van der Waals surface area contributed by atoms with Gasteiger partial charge in [0.1, 0.15) is 10.8 Å². The molecular weight excluding hydrogens is 270 g/mol. The molecule has 0 unspecified atom stereocenters. The quantitative estimate of drug-likeness (QED) is 0.568. The van der Waals surface area contributed by atoms with E-state index in [0.29, 0.717) is 17.0 Å². The molecule has 0 amide bonds. The minimum atomic E-state index is 0.259. The molecule has 0 saturated heterocycles. The highest BCUT2D eigenvalue weighted by atomic mass is 32.1. The van der Waals surface area contributed by atoms with Gasteiger partial charge in [-0.3, -0.25) is 4.98 Å². The molecule has 6 heteroatoms. The van der Waals surface area contributed by atoms with Gasteiger partial charge in [0.15, 0.2) is 5.65 Å². The summed E-state index contributed by atoms with van der Waals surface area (Å²) in [5.41, 5.74) is 8.67. The Morgan fingerprint density at radius 2 is 2.00 bits per heavy atom. The Morgan fingerprint density at radius 1 is 1.15 bits per heavy atom. The van der Waals surface area contributed by atoms with Crippen LogP contribution in [0.15, 0.2) is 42.7 Å². The maximum Gasteiger partial charge on any atom is 0.178 e. The van der Waals surface area contributed by atoms with Gasteiger partial charge in [-0.2, -0.15) is 0 Å².